The highest BCUT2D eigenvalue weighted by molar-refractivity contribution is 8.13. The van der Waals surface area contributed by atoms with Crippen LogP contribution in [0.1, 0.15) is 24.1 Å². The Kier molecular flexibility index (Phi) is 7.55. The first-order valence-electron chi connectivity index (χ1n) is 8.33. The average Bonchev–Trinajstić information content (AvgIpc) is 2.64. The van der Waals surface area contributed by atoms with E-state index in [0.29, 0.717) is 11.1 Å². The molecule has 0 radical (unpaired) electrons. The molecular weight excluding hydrogens is 361 g/mol. The van der Waals surface area contributed by atoms with Crippen molar-refractivity contribution in [3.05, 3.63) is 96.1 Å². The van der Waals surface area contributed by atoms with Gasteiger partial charge < -0.3 is 15.2 Å². The maximum atomic E-state index is 10.1. The topological polar surface area (TPSA) is 55.5 Å². The molecule has 5 heteroatoms. The van der Waals surface area contributed by atoms with Gasteiger partial charge in [0.2, 0.25) is 0 Å². The SMILES string of the molecule is Cc1ccc([C@@H](C)N)cc1.OP(=S)(Oc1ccccc1)c1ccccc1. The second-order valence-corrected chi connectivity index (χ2v) is 9.18. The number of hydrogen-bond acceptors (Lipinski definition) is 3. The van der Waals surface area contributed by atoms with E-state index in [-0.39, 0.29) is 6.04 Å². The van der Waals surface area contributed by atoms with Crippen molar-refractivity contribution in [2.75, 3.05) is 0 Å². The maximum absolute atomic E-state index is 10.1. The van der Waals surface area contributed by atoms with E-state index >= 15 is 0 Å². The lowest BCUT2D eigenvalue weighted by Crippen LogP contribution is -2.07. The number of rotatable bonds is 4. The van der Waals surface area contributed by atoms with Crippen LogP contribution in [-0.4, -0.2) is 4.89 Å². The lowest BCUT2D eigenvalue weighted by molar-refractivity contribution is 0.496. The van der Waals surface area contributed by atoms with Gasteiger partial charge in [-0.15, -0.1) is 0 Å². The first-order valence-corrected chi connectivity index (χ1v) is 11.0. The van der Waals surface area contributed by atoms with Crippen LogP contribution in [-0.2, 0) is 11.8 Å². The fourth-order valence-corrected chi connectivity index (χ4v) is 3.85. The Labute approximate surface area is 160 Å². The lowest BCUT2D eigenvalue weighted by atomic mass is 10.1. The molecular formula is C21H24NO2PS. The molecule has 3 aromatic carbocycles. The Bertz CT molecular complexity index is 837. The third-order valence-electron chi connectivity index (χ3n) is 3.66. The summed E-state index contributed by atoms with van der Waals surface area (Å²) >= 11 is 5.14. The molecule has 0 fully saturated rings. The highest BCUT2D eigenvalue weighted by atomic mass is 32.5. The van der Waals surface area contributed by atoms with E-state index in [1.807, 2.05) is 43.3 Å². The molecule has 0 heterocycles. The van der Waals surface area contributed by atoms with Gasteiger partial charge in [0.1, 0.15) is 5.75 Å². The smallest absolute Gasteiger partial charge is 0.266 e. The molecule has 0 aliphatic rings. The summed E-state index contributed by atoms with van der Waals surface area (Å²) in [5, 5.41) is 0.661. The molecule has 1 unspecified atom stereocenters. The molecule has 0 aromatic heterocycles. The molecule has 0 bridgehead atoms. The minimum absolute atomic E-state index is 0.153. The molecule has 3 aromatic rings. The summed E-state index contributed by atoms with van der Waals surface area (Å²) < 4.78 is 5.47. The lowest BCUT2D eigenvalue weighted by Gasteiger charge is -2.16. The summed E-state index contributed by atoms with van der Waals surface area (Å²) in [6, 6.07) is 26.7. The van der Waals surface area contributed by atoms with Crippen LogP contribution in [0.2, 0.25) is 0 Å². The van der Waals surface area contributed by atoms with Gasteiger partial charge in [0.15, 0.2) is 0 Å². The summed E-state index contributed by atoms with van der Waals surface area (Å²) in [7, 11) is 0. The minimum atomic E-state index is -2.93. The molecule has 0 saturated carbocycles. The van der Waals surface area contributed by atoms with Crippen molar-refractivity contribution in [1.82, 2.24) is 0 Å². The fraction of sp³-hybridized carbons (Fsp3) is 0.143. The van der Waals surface area contributed by atoms with Gasteiger partial charge in [-0.05, 0) is 55.5 Å². The largest absolute Gasteiger partial charge is 0.440 e. The van der Waals surface area contributed by atoms with Gasteiger partial charge >= 0.3 is 0 Å². The van der Waals surface area contributed by atoms with Crippen LogP contribution >= 0.6 is 6.49 Å². The second-order valence-electron chi connectivity index (χ2n) is 5.96. The van der Waals surface area contributed by atoms with E-state index in [1.165, 1.54) is 11.1 Å². The van der Waals surface area contributed by atoms with Gasteiger partial charge in [-0.1, -0.05) is 66.2 Å². The quantitative estimate of drug-likeness (QED) is 0.639. The predicted octanol–water partition coefficient (Wildman–Crippen LogP) is 4.71. The Morgan fingerprint density at radius 2 is 1.38 bits per heavy atom. The molecule has 3 rings (SSSR count). The van der Waals surface area contributed by atoms with E-state index < -0.39 is 6.49 Å². The minimum Gasteiger partial charge on any atom is -0.440 e. The van der Waals surface area contributed by atoms with Crippen LogP contribution in [0, 0.1) is 6.92 Å². The molecule has 0 saturated heterocycles. The van der Waals surface area contributed by atoms with E-state index in [9.17, 15) is 4.89 Å². The Balaban J connectivity index is 0.000000209. The third-order valence-corrected chi connectivity index (χ3v) is 5.92. The van der Waals surface area contributed by atoms with Crippen LogP contribution in [0.5, 0.6) is 5.75 Å². The number of benzene rings is 3. The standard InChI is InChI=1S/C12H11O2PS.C9H13N/c13-15(16,12-9-5-2-6-10-12)14-11-7-3-1-4-8-11;1-7-3-5-9(6-4-7)8(2)10/h1-10H,(H,13,16);3-6,8H,10H2,1-2H3/t;8-/m.1/s1. The zero-order valence-corrected chi connectivity index (χ0v) is 16.7. The number of nitrogens with two attached hydrogens (primary N) is 1. The van der Waals surface area contributed by atoms with Crippen LogP contribution in [0.4, 0.5) is 0 Å². The van der Waals surface area contributed by atoms with Gasteiger partial charge in [-0.2, -0.15) is 0 Å². The van der Waals surface area contributed by atoms with Crippen molar-refractivity contribution in [2.24, 2.45) is 5.73 Å². The molecule has 2 atom stereocenters. The molecule has 0 amide bonds. The Hall–Kier alpha value is -1.97. The second kappa shape index (κ2) is 9.65. The van der Waals surface area contributed by atoms with E-state index in [1.54, 1.807) is 24.3 Å². The maximum Gasteiger partial charge on any atom is 0.266 e. The normalized spacial score (nSPS) is 13.7. The molecule has 3 N–H and O–H groups in total. The molecule has 3 nitrogen and oxygen atoms in total. The van der Waals surface area contributed by atoms with Crippen molar-refractivity contribution >= 4 is 23.6 Å². The highest BCUT2D eigenvalue weighted by Gasteiger charge is 2.17. The molecule has 136 valence electrons. The zero-order valence-electron chi connectivity index (χ0n) is 14.9. The van der Waals surface area contributed by atoms with Gasteiger partial charge in [-0.25, -0.2) is 0 Å². The van der Waals surface area contributed by atoms with E-state index in [2.05, 4.69) is 31.2 Å². The summed E-state index contributed by atoms with van der Waals surface area (Å²) in [5.41, 5.74) is 8.15. The van der Waals surface area contributed by atoms with Crippen LogP contribution < -0.4 is 15.6 Å². The molecule has 26 heavy (non-hydrogen) atoms. The summed E-state index contributed by atoms with van der Waals surface area (Å²) in [6.45, 7) is 1.13. The summed E-state index contributed by atoms with van der Waals surface area (Å²) in [6.07, 6.45) is 0. The Morgan fingerprint density at radius 3 is 1.88 bits per heavy atom. The van der Waals surface area contributed by atoms with Crippen molar-refractivity contribution < 1.29 is 9.42 Å². The van der Waals surface area contributed by atoms with Crippen molar-refractivity contribution in [3.63, 3.8) is 0 Å². The van der Waals surface area contributed by atoms with Crippen molar-refractivity contribution in [3.8, 4) is 5.75 Å². The predicted molar refractivity (Wildman–Crippen MR) is 113 cm³/mol. The van der Waals surface area contributed by atoms with Crippen LogP contribution in [0.15, 0.2) is 84.9 Å². The average molecular weight is 385 g/mol. The van der Waals surface area contributed by atoms with Crippen LogP contribution in [0.3, 0.4) is 0 Å². The number of aryl methyl sites for hydroxylation is 1. The zero-order chi connectivity index (χ0) is 19.0. The molecule has 0 aliphatic heterocycles. The van der Waals surface area contributed by atoms with Crippen molar-refractivity contribution in [1.29, 1.82) is 0 Å². The van der Waals surface area contributed by atoms with Crippen molar-refractivity contribution in [2.45, 2.75) is 19.9 Å². The Morgan fingerprint density at radius 1 is 0.885 bits per heavy atom. The van der Waals surface area contributed by atoms with Gasteiger partial charge in [-0.3, -0.25) is 0 Å². The summed E-state index contributed by atoms with van der Waals surface area (Å²) in [4.78, 5) is 10.1. The first kappa shape index (κ1) is 20.3. The highest BCUT2D eigenvalue weighted by Crippen LogP contribution is 2.41. The van der Waals surface area contributed by atoms with Gasteiger partial charge in [0, 0.05) is 11.3 Å². The van der Waals surface area contributed by atoms with E-state index in [0.717, 1.165) is 0 Å². The number of para-hydroxylation sites is 1. The van der Waals surface area contributed by atoms with Gasteiger partial charge in [0.25, 0.3) is 6.49 Å². The summed E-state index contributed by atoms with van der Waals surface area (Å²) in [5.74, 6) is 0.595. The van der Waals surface area contributed by atoms with Gasteiger partial charge in [0.05, 0.1) is 0 Å². The molecule has 0 spiro atoms. The monoisotopic (exact) mass is 385 g/mol. The molecule has 0 aliphatic carbocycles. The first-order chi connectivity index (χ1) is 12.4. The van der Waals surface area contributed by atoms with E-state index in [4.69, 9.17) is 22.1 Å². The van der Waals surface area contributed by atoms with Crippen LogP contribution in [0.25, 0.3) is 0 Å². The third kappa shape index (κ3) is 6.40. The fourth-order valence-electron chi connectivity index (χ4n) is 2.16. The number of hydrogen-bond donors (Lipinski definition) is 2.